The van der Waals surface area contributed by atoms with E-state index in [1.807, 2.05) is 11.0 Å². The van der Waals surface area contributed by atoms with Gasteiger partial charge in [0.1, 0.15) is 23.3 Å². The highest BCUT2D eigenvalue weighted by atomic mass is 19.1. The Morgan fingerprint density at radius 1 is 1.29 bits per heavy atom. The summed E-state index contributed by atoms with van der Waals surface area (Å²) in [5, 5.41) is 14.9. The van der Waals surface area contributed by atoms with E-state index in [-0.39, 0.29) is 30.6 Å². The quantitative estimate of drug-likeness (QED) is 0.590. The van der Waals surface area contributed by atoms with Gasteiger partial charge in [-0.25, -0.2) is 14.2 Å². The second-order valence-electron chi connectivity index (χ2n) is 9.65. The lowest BCUT2D eigenvalue weighted by atomic mass is 10.0. The number of carbonyl (C=O) groups excluding carboxylic acids is 2. The monoisotopic (exact) mass is 481 g/mol. The van der Waals surface area contributed by atoms with Crippen LogP contribution in [0.5, 0.6) is 0 Å². The molecular weight excluding hydrogens is 449 g/mol. The highest BCUT2D eigenvalue weighted by Gasteiger charge is 2.31. The number of nitrogens with one attached hydrogen (secondary N) is 2. The van der Waals surface area contributed by atoms with Gasteiger partial charge in [0.05, 0.1) is 5.56 Å². The number of nitriles is 1. The van der Waals surface area contributed by atoms with Crippen LogP contribution in [0.1, 0.15) is 51.2 Å². The molecular formula is C26H32FN5O3. The highest BCUT2D eigenvalue weighted by Crippen LogP contribution is 2.21. The van der Waals surface area contributed by atoms with Gasteiger partial charge in [-0.2, -0.15) is 5.26 Å². The van der Waals surface area contributed by atoms with Gasteiger partial charge in [-0.05, 0) is 63.8 Å². The fourth-order valence-corrected chi connectivity index (χ4v) is 4.07. The van der Waals surface area contributed by atoms with E-state index in [1.165, 1.54) is 12.3 Å². The number of halogens is 1. The summed E-state index contributed by atoms with van der Waals surface area (Å²) in [6, 6.07) is 11.1. The van der Waals surface area contributed by atoms with Crippen LogP contribution in [-0.4, -0.2) is 52.7 Å². The lowest BCUT2D eigenvalue weighted by molar-refractivity contribution is -0.132. The molecule has 0 radical (unpaired) electrons. The second-order valence-corrected chi connectivity index (χ2v) is 9.65. The van der Waals surface area contributed by atoms with Crippen LogP contribution in [0, 0.1) is 17.1 Å². The van der Waals surface area contributed by atoms with Gasteiger partial charge in [0.25, 0.3) is 0 Å². The van der Waals surface area contributed by atoms with Crippen molar-refractivity contribution in [3.8, 4) is 6.07 Å². The van der Waals surface area contributed by atoms with Crippen molar-refractivity contribution < 1.29 is 18.7 Å². The molecule has 1 fully saturated rings. The van der Waals surface area contributed by atoms with E-state index in [4.69, 9.17) is 10.00 Å². The van der Waals surface area contributed by atoms with Crippen LogP contribution in [0.3, 0.4) is 0 Å². The third-order valence-corrected chi connectivity index (χ3v) is 5.67. The molecule has 0 spiro atoms. The fraction of sp³-hybridized carbons (Fsp3) is 0.462. The maximum Gasteiger partial charge on any atom is 0.407 e. The molecule has 2 amide bonds. The van der Waals surface area contributed by atoms with Crippen molar-refractivity contribution >= 4 is 17.8 Å². The standard InChI is InChI=1S/C26H32FN5O3/c1-26(2,3)35-25(34)31-20(13-19-7-4-5-9-22(19)27)14-24(33)32-12-6-8-21(32)17-30-23-11-10-18(15-28)16-29-23/h4-5,7,9-11,16,20-21H,6,8,12-14,17H2,1-3H3,(H,29,30)(H,31,34)/t20-,21+/m1/s1. The van der Waals surface area contributed by atoms with E-state index in [1.54, 1.807) is 51.1 Å². The number of rotatable bonds is 8. The van der Waals surface area contributed by atoms with Crippen molar-refractivity contribution in [2.75, 3.05) is 18.4 Å². The van der Waals surface area contributed by atoms with E-state index in [0.29, 0.717) is 30.0 Å². The van der Waals surface area contributed by atoms with Gasteiger partial charge >= 0.3 is 6.09 Å². The van der Waals surface area contributed by atoms with Crippen molar-refractivity contribution in [1.82, 2.24) is 15.2 Å². The van der Waals surface area contributed by atoms with Gasteiger partial charge in [-0.15, -0.1) is 0 Å². The molecule has 2 heterocycles. The number of likely N-dealkylation sites (tertiary alicyclic amines) is 1. The molecule has 0 bridgehead atoms. The number of nitrogens with zero attached hydrogens (tertiary/aromatic N) is 3. The number of hydrogen-bond acceptors (Lipinski definition) is 6. The van der Waals surface area contributed by atoms with E-state index >= 15 is 0 Å². The Morgan fingerprint density at radius 3 is 2.71 bits per heavy atom. The van der Waals surface area contributed by atoms with Gasteiger partial charge in [0.15, 0.2) is 0 Å². The molecule has 0 saturated carbocycles. The maximum atomic E-state index is 14.3. The molecule has 1 aromatic heterocycles. The number of amides is 2. The molecule has 9 heteroatoms. The molecule has 1 aliphatic rings. The highest BCUT2D eigenvalue weighted by molar-refractivity contribution is 5.78. The third-order valence-electron chi connectivity index (χ3n) is 5.67. The first-order valence-corrected chi connectivity index (χ1v) is 11.8. The molecule has 0 aliphatic carbocycles. The first-order valence-electron chi connectivity index (χ1n) is 11.8. The van der Waals surface area contributed by atoms with Gasteiger partial charge in [0.2, 0.25) is 5.91 Å². The Bertz CT molecular complexity index is 1060. The minimum Gasteiger partial charge on any atom is -0.444 e. The van der Waals surface area contributed by atoms with Gasteiger partial charge < -0.3 is 20.3 Å². The first kappa shape index (κ1) is 25.9. The summed E-state index contributed by atoms with van der Waals surface area (Å²) >= 11 is 0. The third kappa shape index (κ3) is 7.95. The number of benzene rings is 1. The van der Waals surface area contributed by atoms with E-state index < -0.39 is 17.7 Å². The van der Waals surface area contributed by atoms with Crippen LogP contribution in [-0.2, 0) is 16.0 Å². The molecule has 8 nitrogen and oxygen atoms in total. The molecule has 2 aromatic rings. The van der Waals surface area contributed by atoms with Gasteiger partial charge in [0, 0.05) is 37.8 Å². The van der Waals surface area contributed by atoms with Crippen molar-refractivity contribution in [1.29, 1.82) is 5.26 Å². The smallest absolute Gasteiger partial charge is 0.407 e. The normalized spacial score (nSPS) is 16.3. The topological polar surface area (TPSA) is 107 Å². The molecule has 2 atom stereocenters. The van der Waals surface area contributed by atoms with Crippen LogP contribution < -0.4 is 10.6 Å². The van der Waals surface area contributed by atoms with Crippen molar-refractivity contribution in [2.45, 2.75) is 64.1 Å². The van der Waals surface area contributed by atoms with Crippen LogP contribution >= 0.6 is 0 Å². The Labute approximate surface area is 205 Å². The number of hydrogen-bond donors (Lipinski definition) is 2. The number of carbonyl (C=O) groups is 2. The summed E-state index contributed by atoms with van der Waals surface area (Å²) in [5.41, 5.74) is 0.210. The zero-order valence-electron chi connectivity index (χ0n) is 20.4. The fourth-order valence-electron chi connectivity index (χ4n) is 4.07. The summed E-state index contributed by atoms with van der Waals surface area (Å²) in [4.78, 5) is 31.7. The lowest BCUT2D eigenvalue weighted by Gasteiger charge is -2.28. The number of aromatic nitrogens is 1. The maximum absolute atomic E-state index is 14.3. The zero-order chi connectivity index (χ0) is 25.4. The molecule has 1 saturated heterocycles. The van der Waals surface area contributed by atoms with Crippen molar-refractivity contribution in [2.24, 2.45) is 0 Å². The molecule has 2 N–H and O–H groups in total. The summed E-state index contributed by atoms with van der Waals surface area (Å²) in [5.74, 6) is 0.140. The van der Waals surface area contributed by atoms with E-state index in [0.717, 1.165) is 12.8 Å². The minimum atomic E-state index is -0.693. The molecule has 1 aliphatic heterocycles. The molecule has 0 unspecified atom stereocenters. The minimum absolute atomic E-state index is 0.0270. The Balaban J connectivity index is 1.65. The number of alkyl carbamates (subject to hydrolysis) is 1. The SMILES string of the molecule is CC(C)(C)OC(=O)N[C@@H](CC(=O)N1CCC[C@H]1CNc1ccc(C#N)cn1)Cc1ccccc1F. The van der Waals surface area contributed by atoms with Gasteiger partial charge in [-0.3, -0.25) is 4.79 Å². The largest absolute Gasteiger partial charge is 0.444 e. The number of ether oxygens (including phenoxy) is 1. The van der Waals surface area contributed by atoms with Crippen molar-refractivity contribution in [3.05, 3.63) is 59.5 Å². The summed E-state index contributed by atoms with van der Waals surface area (Å²) < 4.78 is 19.7. The summed E-state index contributed by atoms with van der Waals surface area (Å²) in [6.07, 6.45) is 2.76. The lowest BCUT2D eigenvalue weighted by Crippen LogP contribution is -2.46. The van der Waals surface area contributed by atoms with Crippen LogP contribution in [0.25, 0.3) is 0 Å². The predicted octanol–water partition coefficient (Wildman–Crippen LogP) is 4.02. The van der Waals surface area contributed by atoms with Crippen LogP contribution in [0.4, 0.5) is 15.0 Å². The Morgan fingerprint density at radius 2 is 2.06 bits per heavy atom. The van der Waals surface area contributed by atoms with Gasteiger partial charge in [-0.1, -0.05) is 18.2 Å². The number of pyridine rings is 1. The molecule has 186 valence electrons. The average Bonchev–Trinajstić information content (AvgIpc) is 3.27. The zero-order valence-corrected chi connectivity index (χ0v) is 20.4. The molecule has 35 heavy (non-hydrogen) atoms. The molecule has 3 rings (SSSR count). The second kappa shape index (κ2) is 11.6. The van der Waals surface area contributed by atoms with Crippen LogP contribution in [0.2, 0.25) is 0 Å². The summed E-state index contributed by atoms with van der Waals surface area (Å²) in [7, 11) is 0. The van der Waals surface area contributed by atoms with E-state index in [2.05, 4.69) is 15.6 Å². The van der Waals surface area contributed by atoms with E-state index in [9.17, 15) is 14.0 Å². The average molecular weight is 482 g/mol. The Hall–Kier alpha value is -3.67. The molecule has 1 aromatic carbocycles. The first-order chi connectivity index (χ1) is 16.6. The number of anilines is 1. The van der Waals surface area contributed by atoms with Crippen LogP contribution in [0.15, 0.2) is 42.6 Å². The predicted molar refractivity (Wildman–Crippen MR) is 130 cm³/mol. The van der Waals surface area contributed by atoms with Crippen molar-refractivity contribution in [3.63, 3.8) is 0 Å². The summed E-state index contributed by atoms with van der Waals surface area (Å²) in [6.45, 7) is 6.41. The Kier molecular flexibility index (Phi) is 8.63.